The second kappa shape index (κ2) is 7.81. The summed E-state index contributed by atoms with van der Waals surface area (Å²) in [5, 5.41) is 9.25. The summed E-state index contributed by atoms with van der Waals surface area (Å²) in [6.07, 6.45) is 0.792. The van der Waals surface area contributed by atoms with Gasteiger partial charge in [0, 0.05) is 18.5 Å². The topological polar surface area (TPSA) is 102 Å². The predicted octanol–water partition coefficient (Wildman–Crippen LogP) is 2.71. The van der Waals surface area contributed by atoms with Crippen molar-refractivity contribution in [3.63, 3.8) is 0 Å². The molecule has 0 atom stereocenters. The highest BCUT2D eigenvalue weighted by Crippen LogP contribution is 2.13. The number of hydrogen-bond acceptors (Lipinski definition) is 5. The lowest BCUT2D eigenvalue weighted by Crippen LogP contribution is -2.39. The molecule has 0 unspecified atom stereocenters. The SMILES string of the molecule is CC(C)(C)OC(=O)N(Cc1ccc(Cn2ccccc2=O)nc1)C(=O)O. The van der Waals surface area contributed by atoms with Gasteiger partial charge in [-0.1, -0.05) is 12.1 Å². The minimum absolute atomic E-state index is 0.139. The number of rotatable bonds is 4. The predicted molar refractivity (Wildman–Crippen MR) is 93.8 cm³/mol. The van der Waals surface area contributed by atoms with E-state index in [1.165, 1.54) is 16.8 Å². The van der Waals surface area contributed by atoms with Crippen molar-refractivity contribution in [3.8, 4) is 0 Å². The van der Waals surface area contributed by atoms with Crippen molar-refractivity contribution in [2.24, 2.45) is 0 Å². The molecular weight excluding hydrogens is 338 g/mol. The molecule has 0 aliphatic rings. The molecule has 0 aliphatic carbocycles. The number of nitrogens with zero attached hydrogens (tertiary/aromatic N) is 3. The molecule has 0 saturated heterocycles. The Morgan fingerprint density at radius 3 is 2.50 bits per heavy atom. The molecule has 0 bridgehead atoms. The lowest BCUT2D eigenvalue weighted by atomic mass is 10.2. The first-order valence-electron chi connectivity index (χ1n) is 7.98. The maximum Gasteiger partial charge on any atom is 0.420 e. The van der Waals surface area contributed by atoms with Crippen LogP contribution in [0.2, 0.25) is 0 Å². The molecular formula is C18H21N3O5. The van der Waals surface area contributed by atoms with Crippen molar-refractivity contribution in [2.45, 2.75) is 39.5 Å². The van der Waals surface area contributed by atoms with Crippen LogP contribution >= 0.6 is 0 Å². The molecule has 0 radical (unpaired) electrons. The van der Waals surface area contributed by atoms with Crippen LogP contribution in [0.15, 0.2) is 47.5 Å². The monoisotopic (exact) mass is 359 g/mol. The van der Waals surface area contributed by atoms with Crippen LogP contribution in [0.5, 0.6) is 0 Å². The molecule has 0 fully saturated rings. The highest BCUT2D eigenvalue weighted by atomic mass is 16.6. The summed E-state index contributed by atoms with van der Waals surface area (Å²) in [6, 6.07) is 8.22. The van der Waals surface area contributed by atoms with Gasteiger partial charge in [0.1, 0.15) is 5.60 Å². The summed E-state index contributed by atoms with van der Waals surface area (Å²) in [5.74, 6) is 0. The molecule has 2 heterocycles. The molecule has 0 saturated carbocycles. The normalized spacial score (nSPS) is 11.0. The number of carbonyl (C=O) groups excluding carboxylic acids is 1. The van der Waals surface area contributed by atoms with Crippen molar-refractivity contribution in [1.29, 1.82) is 0 Å². The first-order chi connectivity index (χ1) is 12.2. The maximum atomic E-state index is 12.0. The van der Waals surface area contributed by atoms with Crippen LogP contribution in [0, 0.1) is 0 Å². The first-order valence-corrected chi connectivity index (χ1v) is 7.98. The van der Waals surface area contributed by atoms with Gasteiger partial charge in [-0.15, -0.1) is 0 Å². The summed E-state index contributed by atoms with van der Waals surface area (Å²) in [6.45, 7) is 5.10. The minimum Gasteiger partial charge on any atom is -0.465 e. The number of ether oxygens (including phenoxy) is 1. The van der Waals surface area contributed by atoms with Crippen LogP contribution in [-0.4, -0.2) is 37.3 Å². The second-order valence-corrected chi connectivity index (χ2v) is 6.67. The third-order valence-corrected chi connectivity index (χ3v) is 3.30. The molecule has 2 aromatic rings. The number of amides is 2. The number of carbonyl (C=O) groups is 2. The van der Waals surface area contributed by atoms with E-state index in [2.05, 4.69) is 4.98 Å². The van der Waals surface area contributed by atoms with E-state index in [0.717, 1.165) is 0 Å². The van der Waals surface area contributed by atoms with Crippen LogP contribution in [0.1, 0.15) is 32.0 Å². The Hall–Kier alpha value is -3.16. The van der Waals surface area contributed by atoms with Crippen LogP contribution in [-0.2, 0) is 17.8 Å². The Kier molecular flexibility index (Phi) is 5.76. The van der Waals surface area contributed by atoms with Gasteiger partial charge in [-0.3, -0.25) is 9.78 Å². The summed E-state index contributed by atoms with van der Waals surface area (Å²) in [7, 11) is 0. The quantitative estimate of drug-likeness (QED) is 0.900. The Morgan fingerprint density at radius 1 is 1.23 bits per heavy atom. The van der Waals surface area contributed by atoms with Gasteiger partial charge in [-0.2, -0.15) is 0 Å². The summed E-state index contributed by atoms with van der Waals surface area (Å²) in [4.78, 5) is 39.9. The van der Waals surface area contributed by atoms with Crippen LogP contribution in [0.25, 0.3) is 0 Å². The van der Waals surface area contributed by atoms with E-state index in [1.807, 2.05) is 0 Å². The molecule has 8 heteroatoms. The van der Waals surface area contributed by atoms with Gasteiger partial charge in [0.2, 0.25) is 0 Å². The van der Waals surface area contributed by atoms with Crippen LogP contribution in [0.4, 0.5) is 9.59 Å². The molecule has 26 heavy (non-hydrogen) atoms. The average Bonchev–Trinajstić information content (AvgIpc) is 2.54. The van der Waals surface area contributed by atoms with E-state index in [0.29, 0.717) is 22.7 Å². The fourth-order valence-electron chi connectivity index (χ4n) is 2.12. The molecule has 138 valence electrons. The number of hydrogen-bond donors (Lipinski definition) is 1. The zero-order valence-corrected chi connectivity index (χ0v) is 14.9. The number of aromatic nitrogens is 2. The average molecular weight is 359 g/mol. The van der Waals surface area contributed by atoms with Crippen molar-refractivity contribution < 1.29 is 19.4 Å². The van der Waals surface area contributed by atoms with Gasteiger partial charge in [-0.05, 0) is 38.5 Å². The molecule has 0 aliphatic heterocycles. The smallest absolute Gasteiger partial charge is 0.420 e. The zero-order chi connectivity index (χ0) is 19.3. The third kappa shape index (κ3) is 5.44. The Balaban J connectivity index is 2.09. The van der Waals surface area contributed by atoms with Crippen molar-refractivity contribution >= 4 is 12.2 Å². The van der Waals surface area contributed by atoms with E-state index in [4.69, 9.17) is 4.74 Å². The summed E-state index contributed by atoms with van der Waals surface area (Å²) < 4.78 is 6.60. The molecule has 1 N–H and O–H groups in total. The van der Waals surface area contributed by atoms with Gasteiger partial charge in [0.05, 0.1) is 18.8 Å². The van der Waals surface area contributed by atoms with Crippen molar-refractivity contribution in [1.82, 2.24) is 14.5 Å². The standard InChI is InChI=1S/C18H21N3O5/c1-18(2,3)26-17(25)21(16(23)24)11-13-7-8-14(19-10-13)12-20-9-5-4-6-15(20)22/h4-10H,11-12H2,1-3H3,(H,23,24). The van der Waals surface area contributed by atoms with Gasteiger partial charge in [-0.25, -0.2) is 14.5 Å². The lowest BCUT2D eigenvalue weighted by molar-refractivity contribution is 0.0255. The third-order valence-electron chi connectivity index (χ3n) is 3.30. The molecule has 0 spiro atoms. The van der Waals surface area contributed by atoms with Crippen LogP contribution in [0.3, 0.4) is 0 Å². The van der Waals surface area contributed by atoms with Gasteiger partial charge in [0.25, 0.3) is 5.56 Å². The number of pyridine rings is 2. The van der Waals surface area contributed by atoms with Crippen LogP contribution < -0.4 is 5.56 Å². The highest BCUT2D eigenvalue weighted by molar-refractivity contribution is 5.86. The Morgan fingerprint density at radius 2 is 1.96 bits per heavy atom. The van der Waals surface area contributed by atoms with Gasteiger partial charge < -0.3 is 14.4 Å². The Labute approximate surface area is 150 Å². The van der Waals surface area contributed by atoms with E-state index in [9.17, 15) is 19.5 Å². The minimum atomic E-state index is -1.40. The van der Waals surface area contributed by atoms with E-state index in [-0.39, 0.29) is 12.1 Å². The maximum absolute atomic E-state index is 12.0. The lowest BCUT2D eigenvalue weighted by Gasteiger charge is -2.24. The summed E-state index contributed by atoms with van der Waals surface area (Å²) in [5.41, 5.74) is 0.236. The van der Waals surface area contributed by atoms with Gasteiger partial charge in [0.15, 0.2) is 0 Å². The fourth-order valence-corrected chi connectivity index (χ4v) is 2.12. The first kappa shape index (κ1) is 19.2. The van der Waals surface area contributed by atoms with E-state index < -0.39 is 17.8 Å². The molecule has 2 amide bonds. The van der Waals surface area contributed by atoms with Crippen molar-refractivity contribution in [2.75, 3.05) is 0 Å². The molecule has 2 rings (SSSR count). The van der Waals surface area contributed by atoms with E-state index >= 15 is 0 Å². The molecule has 2 aromatic heterocycles. The van der Waals surface area contributed by atoms with Crippen molar-refractivity contribution in [3.05, 3.63) is 64.3 Å². The highest BCUT2D eigenvalue weighted by Gasteiger charge is 2.27. The van der Waals surface area contributed by atoms with E-state index in [1.54, 1.807) is 51.2 Å². The second-order valence-electron chi connectivity index (χ2n) is 6.67. The zero-order valence-electron chi connectivity index (χ0n) is 14.9. The molecule has 0 aromatic carbocycles. The number of imide groups is 1. The molecule has 8 nitrogen and oxygen atoms in total. The largest absolute Gasteiger partial charge is 0.465 e. The Bertz CT molecular complexity index is 837. The number of carboxylic acid groups (broad SMARTS) is 1. The summed E-state index contributed by atoms with van der Waals surface area (Å²) >= 11 is 0. The fraction of sp³-hybridized carbons (Fsp3) is 0.333. The van der Waals surface area contributed by atoms with Gasteiger partial charge >= 0.3 is 12.2 Å².